The zero-order chi connectivity index (χ0) is 15.6. The molecule has 0 amide bonds. The van der Waals surface area contributed by atoms with E-state index in [4.69, 9.17) is 4.74 Å². The number of nitrogens with zero attached hydrogens (tertiary/aromatic N) is 3. The Balaban J connectivity index is 2.30. The Morgan fingerprint density at radius 2 is 2.24 bits per heavy atom. The summed E-state index contributed by atoms with van der Waals surface area (Å²) in [5.41, 5.74) is 0. The molecular formula is C13H22BrN3O3S. The fourth-order valence-electron chi connectivity index (χ4n) is 2.41. The van der Waals surface area contributed by atoms with E-state index < -0.39 is 10.0 Å². The summed E-state index contributed by atoms with van der Waals surface area (Å²) < 4.78 is 34.6. The molecule has 2 unspecified atom stereocenters. The first-order chi connectivity index (χ1) is 9.90. The molecule has 0 aromatic carbocycles. The van der Waals surface area contributed by atoms with E-state index in [9.17, 15) is 8.42 Å². The predicted molar refractivity (Wildman–Crippen MR) is 84.1 cm³/mol. The number of aromatic nitrogens is 2. The normalized spacial score (nSPS) is 24.4. The Bertz CT molecular complexity index is 587. The first-order valence-electron chi connectivity index (χ1n) is 7.13. The molecule has 2 heterocycles. The molecule has 1 aliphatic heterocycles. The second kappa shape index (κ2) is 6.76. The second-order valence-corrected chi connectivity index (χ2v) is 7.84. The molecule has 0 bridgehead atoms. The molecule has 1 fully saturated rings. The van der Waals surface area contributed by atoms with Crippen molar-refractivity contribution in [2.24, 2.45) is 0 Å². The molecule has 0 aliphatic carbocycles. The van der Waals surface area contributed by atoms with Crippen LogP contribution in [0.5, 0.6) is 0 Å². The van der Waals surface area contributed by atoms with E-state index in [1.54, 1.807) is 6.20 Å². The lowest BCUT2D eigenvalue weighted by Gasteiger charge is -2.35. The number of aryl methyl sites for hydroxylation is 2. The summed E-state index contributed by atoms with van der Waals surface area (Å²) in [6.45, 7) is 7.28. The molecule has 2 rings (SSSR count). The standard InChI is InChI=1S/C13H22BrN3O3S/c1-4-5-16-8-13(15-11(16)3)21(18,19)17-7-12(6-14)20-9-10(17)2/h8,10,12H,4-7,9H2,1-3H3. The van der Waals surface area contributed by atoms with Crippen molar-refractivity contribution in [3.05, 3.63) is 12.0 Å². The highest BCUT2D eigenvalue weighted by Crippen LogP contribution is 2.23. The molecule has 0 N–H and O–H groups in total. The summed E-state index contributed by atoms with van der Waals surface area (Å²) in [4.78, 5) is 4.24. The third kappa shape index (κ3) is 3.49. The van der Waals surface area contributed by atoms with Crippen LogP contribution < -0.4 is 0 Å². The van der Waals surface area contributed by atoms with Gasteiger partial charge in [-0.25, -0.2) is 13.4 Å². The first kappa shape index (κ1) is 16.9. The number of rotatable bonds is 5. The quantitative estimate of drug-likeness (QED) is 0.731. The molecule has 120 valence electrons. The first-order valence-corrected chi connectivity index (χ1v) is 9.69. The van der Waals surface area contributed by atoms with Crippen LogP contribution in [0.2, 0.25) is 0 Å². The van der Waals surface area contributed by atoms with Crippen LogP contribution >= 0.6 is 15.9 Å². The summed E-state index contributed by atoms with van der Waals surface area (Å²) in [5, 5.41) is 0.755. The van der Waals surface area contributed by atoms with E-state index in [2.05, 4.69) is 27.8 Å². The number of sulfonamides is 1. The average Bonchev–Trinajstić information content (AvgIpc) is 2.82. The molecule has 1 aliphatic rings. The minimum Gasteiger partial charge on any atom is -0.374 e. The molecule has 2 atom stereocenters. The second-order valence-electron chi connectivity index (χ2n) is 5.35. The van der Waals surface area contributed by atoms with Gasteiger partial charge in [0.1, 0.15) is 5.82 Å². The number of hydrogen-bond donors (Lipinski definition) is 0. The Morgan fingerprint density at radius 3 is 2.86 bits per heavy atom. The zero-order valence-corrected chi connectivity index (χ0v) is 15.0. The third-order valence-electron chi connectivity index (χ3n) is 3.61. The van der Waals surface area contributed by atoms with Crippen molar-refractivity contribution in [3.63, 3.8) is 0 Å². The van der Waals surface area contributed by atoms with Gasteiger partial charge in [-0.3, -0.25) is 0 Å². The van der Waals surface area contributed by atoms with Gasteiger partial charge in [-0.1, -0.05) is 22.9 Å². The number of imidazole rings is 1. The maximum absolute atomic E-state index is 12.8. The summed E-state index contributed by atoms with van der Waals surface area (Å²) in [5.74, 6) is 0.730. The van der Waals surface area contributed by atoms with Crippen LogP contribution in [0.3, 0.4) is 0 Å². The molecule has 6 nitrogen and oxygen atoms in total. The lowest BCUT2D eigenvalue weighted by Crippen LogP contribution is -2.51. The van der Waals surface area contributed by atoms with Crippen molar-refractivity contribution in [3.8, 4) is 0 Å². The molecule has 1 aromatic rings. The monoisotopic (exact) mass is 379 g/mol. The van der Waals surface area contributed by atoms with Crippen molar-refractivity contribution in [1.29, 1.82) is 0 Å². The van der Waals surface area contributed by atoms with Crippen LogP contribution in [0, 0.1) is 6.92 Å². The van der Waals surface area contributed by atoms with E-state index in [1.807, 2.05) is 18.4 Å². The van der Waals surface area contributed by atoms with Gasteiger partial charge < -0.3 is 9.30 Å². The molecule has 1 aromatic heterocycles. The maximum atomic E-state index is 12.8. The van der Waals surface area contributed by atoms with Crippen molar-refractivity contribution in [2.45, 2.75) is 50.9 Å². The van der Waals surface area contributed by atoms with Crippen LogP contribution in [0.25, 0.3) is 0 Å². The Kier molecular flexibility index (Phi) is 5.45. The lowest BCUT2D eigenvalue weighted by atomic mass is 10.2. The van der Waals surface area contributed by atoms with Crippen molar-refractivity contribution >= 4 is 26.0 Å². The highest BCUT2D eigenvalue weighted by Gasteiger charge is 2.36. The van der Waals surface area contributed by atoms with E-state index in [-0.39, 0.29) is 17.2 Å². The van der Waals surface area contributed by atoms with E-state index in [0.717, 1.165) is 18.8 Å². The topological polar surface area (TPSA) is 64.4 Å². The van der Waals surface area contributed by atoms with E-state index in [0.29, 0.717) is 18.5 Å². The zero-order valence-electron chi connectivity index (χ0n) is 12.6. The molecule has 0 spiro atoms. The van der Waals surface area contributed by atoms with Gasteiger partial charge in [0.15, 0.2) is 5.03 Å². The minimum absolute atomic E-state index is 0.116. The summed E-state index contributed by atoms with van der Waals surface area (Å²) in [6.07, 6.45) is 2.46. The Morgan fingerprint density at radius 1 is 1.52 bits per heavy atom. The van der Waals surface area contributed by atoms with Gasteiger partial charge in [0.25, 0.3) is 10.0 Å². The maximum Gasteiger partial charge on any atom is 0.262 e. The van der Waals surface area contributed by atoms with Crippen molar-refractivity contribution in [1.82, 2.24) is 13.9 Å². The van der Waals surface area contributed by atoms with Gasteiger partial charge in [0.2, 0.25) is 0 Å². The van der Waals surface area contributed by atoms with Crippen LogP contribution in [0.1, 0.15) is 26.1 Å². The third-order valence-corrected chi connectivity index (χ3v) is 6.19. The fourth-order valence-corrected chi connectivity index (χ4v) is 4.45. The summed E-state index contributed by atoms with van der Waals surface area (Å²) in [6, 6.07) is -0.179. The van der Waals surface area contributed by atoms with Gasteiger partial charge in [-0.2, -0.15) is 4.31 Å². The van der Waals surface area contributed by atoms with Crippen LogP contribution in [-0.4, -0.2) is 52.9 Å². The average molecular weight is 380 g/mol. The number of morpholine rings is 1. The van der Waals surface area contributed by atoms with E-state index >= 15 is 0 Å². The predicted octanol–water partition coefficient (Wildman–Crippen LogP) is 1.77. The lowest BCUT2D eigenvalue weighted by molar-refractivity contribution is -0.0140. The van der Waals surface area contributed by atoms with Gasteiger partial charge in [0.05, 0.1) is 12.7 Å². The van der Waals surface area contributed by atoms with Gasteiger partial charge >= 0.3 is 0 Å². The largest absolute Gasteiger partial charge is 0.374 e. The van der Waals surface area contributed by atoms with Crippen LogP contribution in [0.4, 0.5) is 0 Å². The fraction of sp³-hybridized carbons (Fsp3) is 0.769. The Hall–Kier alpha value is -0.440. The summed E-state index contributed by atoms with van der Waals surface area (Å²) >= 11 is 3.35. The van der Waals surface area contributed by atoms with Crippen molar-refractivity contribution in [2.75, 3.05) is 18.5 Å². The number of hydrogen-bond acceptors (Lipinski definition) is 4. The number of alkyl halides is 1. The SMILES string of the molecule is CCCn1cc(S(=O)(=O)N2CC(CBr)OCC2C)nc1C. The number of halogens is 1. The molecule has 21 heavy (non-hydrogen) atoms. The van der Waals surface area contributed by atoms with Crippen molar-refractivity contribution < 1.29 is 13.2 Å². The highest BCUT2D eigenvalue weighted by molar-refractivity contribution is 9.09. The minimum atomic E-state index is -3.57. The smallest absolute Gasteiger partial charge is 0.262 e. The molecule has 0 saturated carbocycles. The van der Waals surface area contributed by atoms with Crippen LogP contribution in [0.15, 0.2) is 11.2 Å². The molecular weight excluding hydrogens is 358 g/mol. The van der Waals surface area contributed by atoms with Gasteiger partial charge in [-0.05, 0) is 20.3 Å². The van der Waals surface area contributed by atoms with Gasteiger partial charge in [-0.15, -0.1) is 0 Å². The Labute approximate surface area is 134 Å². The molecule has 0 radical (unpaired) electrons. The number of ether oxygens (including phenoxy) is 1. The van der Waals surface area contributed by atoms with E-state index in [1.165, 1.54) is 4.31 Å². The summed E-state index contributed by atoms with van der Waals surface area (Å²) in [7, 11) is -3.57. The molecule has 8 heteroatoms. The highest BCUT2D eigenvalue weighted by atomic mass is 79.9. The van der Waals surface area contributed by atoms with Crippen LogP contribution in [-0.2, 0) is 21.3 Å². The van der Waals surface area contributed by atoms with Gasteiger partial charge in [0, 0.05) is 30.7 Å². The molecule has 1 saturated heterocycles.